The molecule has 2 saturated heterocycles. The van der Waals surface area contributed by atoms with Gasteiger partial charge in [0.05, 0.1) is 12.0 Å². The summed E-state index contributed by atoms with van der Waals surface area (Å²) in [6.45, 7) is 12.8. The monoisotopic (exact) mass is 467 g/mol. The minimum absolute atomic E-state index is 0.537. The molecule has 2 aliphatic heterocycles. The number of hydrogen-bond acceptors (Lipinski definition) is 6. The van der Waals surface area contributed by atoms with Crippen LogP contribution in [0.3, 0.4) is 0 Å². The Morgan fingerprint density at radius 2 is 1.91 bits per heavy atom. The first-order chi connectivity index (χ1) is 16.0. The van der Waals surface area contributed by atoms with Crippen molar-refractivity contribution in [3.05, 3.63) is 46.4 Å². The number of nitrogens with zero attached hydrogens (tertiary/aromatic N) is 6. The number of nitrogens with one attached hydrogen (secondary N) is 1. The van der Waals surface area contributed by atoms with Crippen LogP contribution in [0.2, 0.25) is 5.02 Å². The minimum Gasteiger partial charge on any atom is -0.338 e. The summed E-state index contributed by atoms with van der Waals surface area (Å²) in [5, 5.41) is 0.824. The van der Waals surface area contributed by atoms with Crippen LogP contribution >= 0.6 is 11.6 Å². The number of aromatic amines is 1. The van der Waals surface area contributed by atoms with Crippen LogP contribution in [0.5, 0.6) is 0 Å². The quantitative estimate of drug-likeness (QED) is 0.607. The van der Waals surface area contributed by atoms with Gasteiger partial charge in [-0.15, -0.1) is 0 Å². The van der Waals surface area contributed by atoms with Crippen LogP contribution in [0, 0.1) is 13.8 Å². The summed E-state index contributed by atoms with van der Waals surface area (Å²) in [4.78, 5) is 24.7. The standard InChI is InChI=1S/C25H34ClN7/c1-4-21-15-32(25-29-18(3)23-24(30-25)28-16-27-23)11-12-33(21)22-7-9-31(10-8-22)14-19-5-6-20(26)13-17(19)2/h5-6,13,16,21-22H,4,7-12,14-15H2,1-3H3,(H,27,28,29,30)/t21-/m0/s1. The number of hydrogen-bond donors (Lipinski definition) is 1. The predicted molar refractivity (Wildman–Crippen MR) is 134 cm³/mol. The number of fused-ring (bicyclic) bond motifs is 1. The molecule has 2 fully saturated rings. The van der Waals surface area contributed by atoms with Crippen molar-refractivity contribution in [1.29, 1.82) is 0 Å². The molecule has 0 spiro atoms. The zero-order chi connectivity index (χ0) is 22.9. The Morgan fingerprint density at radius 3 is 2.67 bits per heavy atom. The average molecular weight is 468 g/mol. The van der Waals surface area contributed by atoms with Gasteiger partial charge in [0.25, 0.3) is 0 Å². The molecule has 2 aromatic heterocycles. The van der Waals surface area contributed by atoms with Gasteiger partial charge >= 0.3 is 0 Å². The fourth-order valence-electron chi connectivity index (χ4n) is 5.49. The second-order valence-corrected chi connectivity index (χ2v) is 9.97. The number of imidazole rings is 1. The van der Waals surface area contributed by atoms with E-state index < -0.39 is 0 Å². The third kappa shape index (κ3) is 4.72. The summed E-state index contributed by atoms with van der Waals surface area (Å²) in [7, 11) is 0. The molecule has 33 heavy (non-hydrogen) atoms. The lowest BCUT2D eigenvalue weighted by Crippen LogP contribution is -2.58. The first-order valence-electron chi connectivity index (χ1n) is 12.2. The number of H-pyrrole nitrogens is 1. The third-order valence-corrected chi connectivity index (χ3v) is 7.68. The van der Waals surface area contributed by atoms with E-state index in [0.29, 0.717) is 12.1 Å². The van der Waals surface area contributed by atoms with Gasteiger partial charge < -0.3 is 9.88 Å². The van der Waals surface area contributed by atoms with Crippen LogP contribution in [0.15, 0.2) is 24.5 Å². The second kappa shape index (κ2) is 9.57. The average Bonchev–Trinajstić information content (AvgIpc) is 3.30. The van der Waals surface area contributed by atoms with Crippen molar-refractivity contribution >= 4 is 28.7 Å². The van der Waals surface area contributed by atoms with E-state index in [-0.39, 0.29) is 0 Å². The summed E-state index contributed by atoms with van der Waals surface area (Å²) >= 11 is 6.13. The lowest BCUT2D eigenvalue weighted by atomic mass is 9.97. The van der Waals surface area contributed by atoms with E-state index >= 15 is 0 Å². The molecular weight excluding hydrogens is 434 g/mol. The van der Waals surface area contributed by atoms with Crippen LogP contribution in [0.4, 0.5) is 5.95 Å². The van der Waals surface area contributed by atoms with Gasteiger partial charge in [0, 0.05) is 43.3 Å². The third-order valence-electron chi connectivity index (χ3n) is 7.45. The molecule has 0 unspecified atom stereocenters. The van der Waals surface area contributed by atoms with E-state index in [1.54, 1.807) is 6.33 Å². The van der Waals surface area contributed by atoms with E-state index in [0.717, 1.165) is 73.5 Å². The van der Waals surface area contributed by atoms with Gasteiger partial charge in [-0.1, -0.05) is 24.6 Å². The van der Waals surface area contributed by atoms with Crippen LogP contribution < -0.4 is 4.90 Å². The molecule has 1 atom stereocenters. The minimum atomic E-state index is 0.537. The normalized spacial score (nSPS) is 21.2. The van der Waals surface area contributed by atoms with Gasteiger partial charge in [0.1, 0.15) is 5.52 Å². The number of likely N-dealkylation sites (tertiary alicyclic amines) is 1. The van der Waals surface area contributed by atoms with Crippen molar-refractivity contribution in [3.63, 3.8) is 0 Å². The number of halogens is 1. The zero-order valence-electron chi connectivity index (χ0n) is 19.9. The number of benzene rings is 1. The highest BCUT2D eigenvalue weighted by Crippen LogP contribution is 2.27. The van der Waals surface area contributed by atoms with E-state index in [4.69, 9.17) is 21.6 Å². The summed E-state index contributed by atoms with van der Waals surface area (Å²) in [5.74, 6) is 0.829. The lowest BCUT2D eigenvalue weighted by molar-refractivity contribution is 0.0608. The number of aromatic nitrogens is 4. The van der Waals surface area contributed by atoms with Crippen molar-refractivity contribution in [2.45, 2.75) is 58.7 Å². The Labute approximate surface area is 201 Å². The van der Waals surface area contributed by atoms with Crippen molar-refractivity contribution in [2.75, 3.05) is 37.6 Å². The SMILES string of the molecule is CC[C@H]1CN(c2nc(C)c3nc[nH]c3n2)CCN1C1CCN(Cc2ccc(Cl)cc2C)CC1. The topological polar surface area (TPSA) is 64.2 Å². The maximum Gasteiger partial charge on any atom is 0.227 e. The number of piperidine rings is 1. The predicted octanol–water partition coefficient (Wildman–Crippen LogP) is 4.19. The van der Waals surface area contributed by atoms with Crippen molar-refractivity contribution in [1.82, 2.24) is 29.7 Å². The van der Waals surface area contributed by atoms with Crippen LogP contribution in [-0.4, -0.2) is 74.5 Å². The molecule has 2 aliphatic rings. The smallest absolute Gasteiger partial charge is 0.227 e. The highest BCUT2D eigenvalue weighted by atomic mass is 35.5. The molecule has 5 rings (SSSR count). The molecule has 1 aromatic carbocycles. The molecule has 0 amide bonds. The first-order valence-corrected chi connectivity index (χ1v) is 12.6. The Morgan fingerprint density at radius 1 is 1.09 bits per heavy atom. The van der Waals surface area contributed by atoms with Gasteiger partial charge in [0.15, 0.2) is 5.65 Å². The fourth-order valence-corrected chi connectivity index (χ4v) is 5.72. The van der Waals surface area contributed by atoms with Crippen molar-refractivity contribution in [3.8, 4) is 0 Å². The molecule has 4 heterocycles. The van der Waals surface area contributed by atoms with Gasteiger partial charge in [-0.2, -0.15) is 4.98 Å². The Kier molecular flexibility index (Phi) is 6.54. The Hall–Kier alpha value is -2.22. The Balaban J connectivity index is 1.20. The maximum atomic E-state index is 6.13. The lowest BCUT2D eigenvalue weighted by Gasteiger charge is -2.47. The van der Waals surface area contributed by atoms with E-state index in [9.17, 15) is 0 Å². The number of anilines is 1. The summed E-state index contributed by atoms with van der Waals surface area (Å²) in [6, 6.07) is 7.47. The van der Waals surface area contributed by atoms with Gasteiger partial charge in [-0.25, -0.2) is 9.97 Å². The molecular formula is C25H34ClN7. The maximum absolute atomic E-state index is 6.13. The van der Waals surface area contributed by atoms with E-state index in [2.05, 4.69) is 50.6 Å². The van der Waals surface area contributed by atoms with E-state index in [1.165, 1.54) is 24.0 Å². The summed E-state index contributed by atoms with van der Waals surface area (Å²) in [6.07, 6.45) is 5.31. The number of piperazine rings is 1. The van der Waals surface area contributed by atoms with Gasteiger partial charge in [-0.3, -0.25) is 9.80 Å². The Bertz CT molecular complexity index is 1110. The molecule has 0 radical (unpaired) electrons. The van der Waals surface area contributed by atoms with Gasteiger partial charge in [0.2, 0.25) is 5.95 Å². The molecule has 0 aliphatic carbocycles. The van der Waals surface area contributed by atoms with Crippen LogP contribution in [0.25, 0.3) is 11.2 Å². The first kappa shape index (κ1) is 22.6. The van der Waals surface area contributed by atoms with Crippen molar-refractivity contribution < 1.29 is 0 Å². The molecule has 8 heteroatoms. The second-order valence-electron chi connectivity index (χ2n) is 9.53. The van der Waals surface area contributed by atoms with Gasteiger partial charge in [-0.05, 0) is 69.5 Å². The molecule has 7 nitrogen and oxygen atoms in total. The highest BCUT2D eigenvalue weighted by molar-refractivity contribution is 6.30. The fraction of sp³-hybridized carbons (Fsp3) is 0.560. The zero-order valence-corrected chi connectivity index (χ0v) is 20.6. The highest BCUT2D eigenvalue weighted by Gasteiger charge is 2.34. The number of aryl methyl sites for hydroxylation is 2. The molecule has 1 N–H and O–H groups in total. The summed E-state index contributed by atoms with van der Waals surface area (Å²) < 4.78 is 0. The van der Waals surface area contributed by atoms with E-state index in [1.807, 2.05) is 13.0 Å². The molecule has 0 bridgehead atoms. The molecule has 176 valence electrons. The molecule has 3 aromatic rings. The van der Waals surface area contributed by atoms with Crippen molar-refractivity contribution in [2.24, 2.45) is 0 Å². The number of rotatable bonds is 5. The largest absolute Gasteiger partial charge is 0.338 e. The molecule has 0 saturated carbocycles. The van der Waals surface area contributed by atoms with Crippen LogP contribution in [0.1, 0.15) is 43.0 Å². The summed E-state index contributed by atoms with van der Waals surface area (Å²) in [5.41, 5.74) is 5.32. The van der Waals surface area contributed by atoms with Crippen LogP contribution in [-0.2, 0) is 6.54 Å².